The second kappa shape index (κ2) is 3.61. The first kappa shape index (κ1) is 11.3. The average Bonchev–Trinajstić information content (AvgIpc) is 2.23. The molecule has 4 aliphatic carbocycles. The summed E-state index contributed by atoms with van der Waals surface area (Å²) in [5.74, 6) is 1.90. The minimum atomic E-state index is -0.194. The summed E-state index contributed by atoms with van der Waals surface area (Å²) in [5.41, 5.74) is 6.08. The third kappa shape index (κ3) is 1.73. The molecule has 0 aliphatic heterocycles. The van der Waals surface area contributed by atoms with Gasteiger partial charge in [0.2, 0.25) is 0 Å². The summed E-state index contributed by atoms with van der Waals surface area (Å²) in [6, 6.07) is 0.345. The summed E-state index contributed by atoms with van der Waals surface area (Å²) >= 11 is 0. The fraction of sp³-hybridized carbons (Fsp3) is 0.923. The van der Waals surface area contributed by atoms with Crippen LogP contribution >= 0.6 is 0 Å². The highest BCUT2D eigenvalue weighted by molar-refractivity contribution is 5.67. The molecule has 0 heterocycles. The zero-order valence-corrected chi connectivity index (χ0v) is 10.7. The lowest BCUT2D eigenvalue weighted by Crippen LogP contribution is -2.61. The van der Waals surface area contributed by atoms with Crippen LogP contribution in [0.15, 0.2) is 0 Å². The highest BCUT2D eigenvalue weighted by Gasteiger charge is 2.56. The molecule has 0 aromatic carbocycles. The molecule has 4 nitrogen and oxygen atoms in total. The summed E-state index contributed by atoms with van der Waals surface area (Å²) in [5, 5.41) is 0. The first-order valence-corrected chi connectivity index (χ1v) is 6.65. The van der Waals surface area contributed by atoms with E-state index in [-0.39, 0.29) is 11.7 Å². The van der Waals surface area contributed by atoms with Crippen molar-refractivity contribution >= 4 is 6.09 Å². The van der Waals surface area contributed by atoms with Crippen LogP contribution in [0, 0.1) is 17.8 Å². The predicted molar refractivity (Wildman–Crippen MR) is 64.4 cm³/mol. The number of nitrogens with two attached hydrogens (primary N) is 1. The van der Waals surface area contributed by atoms with Gasteiger partial charge in [-0.15, -0.1) is 0 Å². The number of carbonyl (C=O) groups is 1. The number of rotatable bonds is 1. The second-order valence-corrected chi connectivity index (χ2v) is 6.49. The van der Waals surface area contributed by atoms with E-state index in [1.54, 1.807) is 14.1 Å². The van der Waals surface area contributed by atoms with Crippen LogP contribution in [0.3, 0.4) is 0 Å². The molecule has 4 heteroatoms. The molecule has 96 valence electrons. The van der Waals surface area contributed by atoms with Gasteiger partial charge in [-0.2, -0.15) is 0 Å². The molecular formula is C13H22N2O2. The number of nitrogens with zero attached hydrogens (tertiary/aromatic N) is 1. The molecule has 0 saturated heterocycles. The maximum atomic E-state index is 11.8. The summed E-state index contributed by atoms with van der Waals surface area (Å²) in [4.78, 5) is 13.3. The lowest BCUT2D eigenvalue weighted by atomic mass is 9.52. The van der Waals surface area contributed by atoms with E-state index >= 15 is 0 Å². The number of hydrogen-bond acceptors (Lipinski definition) is 3. The minimum absolute atomic E-state index is 0.187. The molecule has 4 aliphatic rings. The summed E-state index contributed by atoms with van der Waals surface area (Å²) < 4.78 is 5.79. The number of amides is 1. The predicted octanol–water partition coefficient (Wildman–Crippen LogP) is 1.59. The van der Waals surface area contributed by atoms with Crippen molar-refractivity contribution in [2.75, 3.05) is 14.1 Å². The highest BCUT2D eigenvalue weighted by atomic mass is 16.6. The van der Waals surface area contributed by atoms with Crippen LogP contribution in [0.5, 0.6) is 0 Å². The van der Waals surface area contributed by atoms with Crippen LogP contribution in [0.2, 0.25) is 0 Å². The van der Waals surface area contributed by atoms with Crippen molar-refractivity contribution in [1.29, 1.82) is 0 Å². The molecule has 0 radical (unpaired) electrons. The van der Waals surface area contributed by atoms with Crippen molar-refractivity contribution in [3.05, 3.63) is 0 Å². The Hall–Kier alpha value is -0.770. The number of hydrogen-bond donors (Lipinski definition) is 1. The van der Waals surface area contributed by atoms with Gasteiger partial charge in [0, 0.05) is 20.1 Å². The third-order valence-electron chi connectivity index (χ3n) is 4.96. The zero-order valence-electron chi connectivity index (χ0n) is 10.7. The van der Waals surface area contributed by atoms with Crippen LogP contribution in [-0.4, -0.2) is 36.7 Å². The van der Waals surface area contributed by atoms with E-state index in [1.165, 1.54) is 17.7 Å². The molecule has 17 heavy (non-hydrogen) atoms. The maximum Gasteiger partial charge on any atom is 0.409 e. The van der Waals surface area contributed by atoms with Gasteiger partial charge in [0.05, 0.1) is 0 Å². The van der Waals surface area contributed by atoms with Crippen LogP contribution < -0.4 is 5.73 Å². The highest BCUT2D eigenvalue weighted by Crippen LogP contribution is 2.56. The molecule has 0 spiro atoms. The first-order chi connectivity index (χ1) is 7.99. The summed E-state index contributed by atoms with van der Waals surface area (Å²) in [6.45, 7) is 0. The van der Waals surface area contributed by atoms with Gasteiger partial charge in [-0.3, -0.25) is 0 Å². The molecular weight excluding hydrogens is 216 g/mol. The van der Waals surface area contributed by atoms with E-state index in [4.69, 9.17) is 10.5 Å². The largest absolute Gasteiger partial charge is 0.443 e. The van der Waals surface area contributed by atoms with Crippen molar-refractivity contribution < 1.29 is 9.53 Å². The van der Waals surface area contributed by atoms with Crippen molar-refractivity contribution in [2.45, 2.75) is 43.7 Å². The van der Waals surface area contributed by atoms with Gasteiger partial charge in [0.1, 0.15) is 5.60 Å². The van der Waals surface area contributed by atoms with Gasteiger partial charge >= 0.3 is 6.09 Å². The molecule has 4 rings (SSSR count). The summed E-state index contributed by atoms with van der Waals surface area (Å²) in [7, 11) is 3.49. The zero-order chi connectivity index (χ0) is 12.2. The monoisotopic (exact) mass is 238 g/mol. The Kier molecular flexibility index (Phi) is 2.41. The van der Waals surface area contributed by atoms with Crippen molar-refractivity contribution in [2.24, 2.45) is 23.5 Å². The number of ether oxygens (including phenoxy) is 1. The van der Waals surface area contributed by atoms with Gasteiger partial charge in [-0.25, -0.2) is 4.79 Å². The first-order valence-electron chi connectivity index (χ1n) is 6.65. The SMILES string of the molecule is CN(C)C(=O)OC12CC3CC(C1)C(N)C(C3)C2. The molecule has 2 atom stereocenters. The van der Waals surface area contributed by atoms with E-state index in [2.05, 4.69) is 0 Å². The van der Waals surface area contributed by atoms with Gasteiger partial charge < -0.3 is 15.4 Å². The van der Waals surface area contributed by atoms with Crippen LogP contribution in [0.25, 0.3) is 0 Å². The second-order valence-electron chi connectivity index (χ2n) is 6.49. The van der Waals surface area contributed by atoms with E-state index in [0.29, 0.717) is 17.9 Å². The van der Waals surface area contributed by atoms with Crippen molar-refractivity contribution in [3.8, 4) is 0 Å². The molecule has 2 N–H and O–H groups in total. The quantitative estimate of drug-likeness (QED) is 0.754. The lowest BCUT2D eigenvalue weighted by molar-refractivity contribution is -0.139. The van der Waals surface area contributed by atoms with E-state index < -0.39 is 0 Å². The van der Waals surface area contributed by atoms with E-state index in [1.807, 2.05) is 0 Å². The third-order valence-corrected chi connectivity index (χ3v) is 4.96. The Morgan fingerprint density at radius 1 is 1.24 bits per heavy atom. The lowest BCUT2D eigenvalue weighted by Gasteiger charge is -2.58. The Bertz CT molecular complexity index is 326. The standard InChI is InChI=1S/C13H22N2O2/c1-15(2)12(16)17-13-5-8-3-9(6-13)11(14)10(4-8)7-13/h8-11H,3-7,14H2,1-2H3. The van der Waals surface area contributed by atoms with Gasteiger partial charge in [0.25, 0.3) is 0 Å². The van der Waals surface area contributed by atoms with Crippen LogP contribution in [0.4, 0.5) is 4.79 Å². The molecule has 1 amide bonds. The molecule has 0 aromatic rings. The van der Waals surface area contributed by atoms with Gasteiger partial charge in [0.15, 0.2) is 0 Å². The van der Waals surface area contributed by atoms with Gasteiger partial charge in [-0.05, 0) is 49.9 Å². The molecule has 4 bridgehead atoms. The Labute approximate surface area is 102 Å². The van der Waals surface area contributed by atoms with Gasteiger partial charge in [-0.1, -0.05) is 0 Å². The van der Waals surface area contributed by atoms with Crippen LogP contribution in [-0.2, 0) is 4.74 Å². The minimum Gasteiger partial charge on any atom is -0.443 e. The normalized spacial score (nSPS) is 47.0. The Balaban J connectivity index is 1.78. The van der Waals surface area contributed by atoms with E-state index in [9.17, 15) is 4.79 Å². The topological polar surface area (TPSA) is 55.6 Å². The Morgan fingerprint density at radius 2 is 1.82 bits per heavy atom. The summed E-state index contributed by atoms with van der Waals surface area (Å²) in [6.07, 6.45) is 5.34. The molecule has 2 unspecified atom stereocenters. The molecule has 0 aromatic heterocycles. The Morgan fingerprint density at radius 3 is 2.35 bits per heavy atom. The molecule has 4 fully saturated rings. The van der Waals surface area contributed by atoms with E-state index in [0.717, 1.165) is 25.2 Å². The maximum absolute atomic E-state index is 11.8. The smallest absolute Gasteiger partial charge is 0.409 e. The van der Waals surface area contributed by atoms with Crippen LogP contribution in [0.1, 0.15) is 32.1 Å². The number of carbonyl (C=O) groups excluding carboxylic acids is 1. The fourth-order valence-corrected chi connectivity index (χ4v) is 4.39. The molecule has 4 saturated carbocycles. The van der Waals surface area contributed by atoms with Crippen molar-refractivity contribution in [3.63, 3.8) is 0 Å². The fourth-order valence-electron chi connectivity index (χ4n) is 4.39. The average molecular weight is 238 g/mol. The van der Waals surface area contributed by atoms with Crippen molar-refractivity contribution in [1.82, 2.24) is 4.90 Å².